The molecular weight excluding hydrogens is 338 g/mol. The number of aliphatic hydroxyl groups is 1. The van der Waals surface area contributed by atoms with Crippen molar-refractivity contribution < 1.29 is 5.11 Å². The van der Waals surface area contributed by atoms with Crippen molar-refractivity contribution in [2.75, 3.05) is 13.2 Å². The molecule has 5 rings (SSSR count). The fraction of sp³-hybridized carbons (Fsp3) is 0.333. The maximum atomic E-state index is 9.66. The number of nitrogens with zero attached hydrogens (tertiary/aromatic N) is 4. The third-order valence-corrected chi connectivity index (χ3v) is 5.53. The van der Waals surface area contributed by atoms with E-state index in [4.69, 9.17) is 9.97 Å². The summed E-state index contributed by atoms with van der Waals surface area (Å²) in [5, 5.41) is 9.66. The van der Waals surface area contributed by atoms with E-state index in [1.54, 1.807) is 0 Å². The van der Waals surface area contributed by atoms with Crippen molar-refractivity contribution in [1.29, 1.82) is 0 Å². The summed E-state index contributed by atoms with van der Waals surface area (Å²) in [6.45, 7) is 2.63. The fourth-order valence-electron chi connectivity index (χ4n) is 4.14. The minimum Gasteiger partial charge on any atom is -0.395 e. The summed E-state index contributed by atoms with van der Waals surface area (Å²) in [4.78, 5) is 15.4. The van der Waals surface area contributed by atoms with Crippen molar-refractivity contribution in [2.45, 2.75) is 32.0 Å². The van der Waals surface area contributed by atoms with Crippen LogP contribution >= 0.6 is 0 Å². The second-order valence-electron chi connectivity index (χ2n) is 7.25. The van der Waals surface area contributed by atoms with Gasteiger partial charge in [-0.3, -0.25) is 4.90 Å². The van der Waals surface area contributed by atoms with Crippen LogP contribution in [-0.4, -0.2) is 48.7 Å². The molecule has 0 aliphatic carbocycles. The van der Waals surface area contributed by atoms with Crippen molar-refractivity contribution in [3.8, 4) is 0 Å². The van der Waals surface area contributed by atoms with Gasteiger partial charge in [-0.05, 0) is 43.7 Å². The lowest BCUT2D eigenvalue weighted by Crippen LogP contribution is -2.32. The molecule has 2 aromatic carbocycles. The Morgan fingerprint density at radius 2 is 1.81 bits per heavy atom. The van der Waals surface area contributed by atoms with Gasteiger partial charge >= 0.3 is 0 Å². The molecule has 0 amide bonds. The average Bonchev–Trinajstić information content (AvgIpc) is 3.39. The van der Waals surface area contributed by atoms with E-state index in [-0.39, 0.29) is 12.6 Å². The van der Waals surface area contributed by atoms with Gasteiger partial charge in [-0.15, -0.1) is 0 Å². The lowest BCUT2D eigenvalue weighted by molar-refractivity contribution is 0.150. The highest BCUT2D eigenvalue weighted by molar-refractivity contribution is 5.77. The number of imidazole rings is 2. The van der Waals surface area contributed by atoms with Crippen LogP contribution in [0.1, 0.15) is 24.5 Å². The smallest absolute Gasteiger partial charge is 0.127 e. The Labute approximate surface area is 157 Å². The third kappa shape index (κ3) is 3.01. The van der Waals surface area contributed by atoms with Crippen molar-refractivity contribution in [3.05, 3.63) is 60.2 Å². The van der Waals surface area contributed by atoms with Crippen molar-refractivity contribution in [3.63, 3.8) is 0 Å². The van der Waals surface area contributed by atoms with E-state index in [9.17, 15) is 5.11 Å². The quantitative estimate of drug-likeness (QED) is 0.573. The molecule has 0 radical (unpaired) electrons. The highest BCUT2D eigenvalue weighted by atomic mass is 16.3. The standard InChI is InChI=1S/C21H23N5O/c27-14-15-6-5-11-25(15)13-21-24-18-9-3-4-10-19(18)26(21)12-20-22-16-7-1-2-8-17(16)23-20/h1-4,7-10,15,27H,5-6,11-14H2,(H,22,23)/t15-/m1/s1. The average molecular weight is 361 g/mol. The molecule has 0 spiro atoms. The summed E-state index contributed by atoms with van der Waals surface area (Å²) in [5.41, 5.74) is 4.16. The molecule has 1 atom stereocenters. The van der Waals surface area contributed by atoms with Crippen LogP contribution in [0.25, 0.3) is 22.1 Å². The Morgan fingerprint density at radius 1 is 1.00 bits per heavy atom. The third-order valence-electron chi connectivity index (χ3n) is 5.53. The molecule has 4 aromatic rings. The molecule has 138 valence electrons. The van der Waals surface area contributed by atoms with E-state index in [0.717, 1.165) is 59.6 Å². The summed E-state index contributed by atoms with van der Waals surface area (Å²) in [6.07, 6.45) is 2.19. The fourth-order valence-corrected chi connectivity index (χ4v) is 4.14. The summed E-state index contributed by atoms with van der Waals surface area (Å²) >= 11 is 0. The zero-order valence-electron chi connectivity index (χ0n) is 15.2. The Hall–Kier alpha value is -2.70. The largest absolute Gasteiger partial charge is 0.395 e. The second kappa shape index (κ2) is 6.79. The van der Waals surface area contributed by atoms with Crippen molar-refractivity contribution in [2.24, 2.45) is 0 Å². The molecule has 1 aliphatic heterocycles. The van der Waals surface area contributed by atoms with Gasteiger partial charge in [0.05, 0.1) is 41.8 Å². The minimum absolute atomic E-state index is 0.212. The number of aliphatic hydroxyl groups excluding tert-OH is 1. The molecule has 27 heavy (non-hydrogen) atoms. The van der Waals surface area contributed by atoms with Gasteiger partial charge in [-0.2, -0.15) is 0 Å². The second-order valence-corrected chi connectivity index (χ2v) is 7.25. The van der Waals surface area contributed by atoms with E-state index in [1.807, 2.05) is 24.3 Å². The molecule has 0 unspecified atom stereocenters. The first-order valence-corrected chi connectivity index (χ1v) is 9.54. The first-order chi connectivity index (χ1) is 13.3. The predicted octanol–water partition coefficient (Wildman–Crippen LogP) is 2.92. The highest BCUT2D eigenvalue weighted by Gasteiger charge is 2.25. The Balaban J connectivity index is 1.53. The summed E-state index contributed by atoms with van der Waals surface area (Å²) in [5.74, 6) is 1.96. The number of para-hydroxylation sites is 4. The molecule has 1 saturated heterocycles. The van der Waals surface area contributed by atoms with E-state index >= 15 is 0 Å². The number of fused-ring (bicyclic) bond motifs is 2. The van der Waals surface area contributed by atoms with Crippen LogP contribution in [0.4, 0.5) is 0 Å². The lowest BCUT2D eigenvalue weighted by atomic mass is 10.2. The molecule has 3 heterocycles. The Morgan fingerprint density at radius 3 is 2.67 bits per heavy atom. The molecule has 1 aliphatic rings. The van der Waals surface area contributed by atoms with E-state index in [0.29, 0.717) is 6.54 Å². The Kier molecular flexibility index (Phi) is 4.14. The normalized spacial score (nSPS) is 18.0. The summed E-state index contributed by atoms with van der Waals surface area (Å²) < 4.78 is 2.25. The van der Waals surface area contributed by atoms with Gasteiger partial charge in [0, 0.05) is 6.04 Å². The highest BCUT2D eigenvalue weighted by Crippen LogP contribution is 2.23. The van der Waals surface area contributed by atoms with Crippen molar-refractivity contribution >= 4 is 22.1 Å². The van der Waals surface area contributed by atoms with Crippen LogP contribution in [0.5, 0.6) is 0 Å². The van der Waals surface area contributed by atoms with Crippen molar-refractivity contribution in [1.82, 2.24) is 24.4 Å². The number of hydrogen-bond acceptors (Lipinski definition) is 4. The van der Waals surface area contributed by atoms with E-state index in [2.05, 4.69) is 38.7 Å². The number of nitrogens with one attached hydrogen (secondary N) is 1. The molecule has 2 N–H and O–H groups in total. The van der Waals surface area contributed by atoms with Gasteiger partial charge < -0.3 is 14.7 Å². The predicted molar refractivity (Wildman–Crippen MR) is 105 cm³/mol. The number of hydrogen-bond donors (Lipinski definition) is 2. The Bertz CT molecular complexity index is 1050. The summed E-state index contributed by atoms with van der Waals surface area (Å²) in [7, 11) is 0. The number of aromatic amines is 1. The van der Waals surface area contributed by atoms with Crippen LogP contribution in [0.3, 0.4) is 0 Å². The van der Waals surface area contributed by atoms with Gasteiger partial charge in [-0.1, -0.05) is 24.3 Å². The molecule has 6 nitrogen and oxygen atoms in total. The SMILES string of the molecule is OC[C@H]1CCCN1Cc1nc2ccccc2n1Cc1nc2ccccc2[nH]1. The molecule has 0 bridgehead atoms. The van der Waals surface area contributed by atoms with Gasteiger partial charge in [0.25, 0.3) is 0 Å². The number of aromatic nitrogens is 4. The van der Waals surface area contributed by atoms with Crippen LogP contribution in [0.2, 0.25) is 0 Å². The number of H-pyrrole nitrogens is 1. The topological polar surface area (TPSA) is 70.0 Å². The number of rotatable bonds is 5. The number of likely N-dealkylation sites (tertiary alicyclic amines) is 1. The first-order valence-electron chi connectivity index (χ1n) is 9.54. The van der Waals surface area contributed by atoms with Gasteiger partial charge in [0.15, 0.2) is 0 Å². The van der Waals surface area contributed by atoms with Crippen LogP contribution < -0.4 is 0 Å². The molecule has 6 heteroatoms. The van der Waals surface area contributed by atoms with Crippen LogP contribution in [-0.2, 0) is 13.1 Å². The van der Waals surface area contributed by atoms with E-state index < -0.39 is 0 Å². The first kappa shape index (κ1) is 16.5. The zero-order valence-corrected chi connectivity index (χ0v) is 15.2. The minimum atomic E-state index is 0.212. The van der Waals surface area contributed by atoms with Crippen LogP contribution in [0.15, 0.2) is 48.5 Å². The maximum Gasteiger partial charge on any atom is 0.127 e. The maximum absolute atomic E-state index is 9.66. The lowest BCUT2D eigenvalue weighted by Gasteiger charge is -2.22. The van der Waals surface area contributed by atoms with Gasteiger partial charge in [0.1, 0.15) is 11.6 Å². The monoisotopic (exact) mass is 361 g/mol. The molecular formula is C21H23N5O. The summed E-state index contributed by atoms with van der Waals surface area (Å²) in [6, 6.07) is 16.6. The zero-order chi connectivity index (χ0) is 18.2. The van der Waals surface area contributed by atoms with Gasteiger partial charge in [-0.25, -0.2) is 9.97 Å². The molecule has 0 saturated carbocycles. The van der Waals surface area contributed by atoms with Gasteiger partial charge in [0.2, 0.25) is 0 Å². The number of benzene rings is 2. The molecule has 2 aromatic heterocycles. The van der Waals surface area contributed by atoms with Crippen LogP contribution in [0, 0.1) is 0 Å². The van der Waals surface area contributed by atoms with E-state index in [1.165, 1.54) is 0 Å². The molecule has 1 fully saturated rings.